The van der Waals surface area contributed by atoms with Gasteiger partial charge in [0.25, 0.3) is 5.91 Å². The molecule has 4 rings (SSSR count). The van der Waals surface area contributed by atoms with Crippen molar-refractivity contribution in [2.75, 3.05) is 11.5 Å². The summed E-state index contributed by atoms with van der Waals surface area (Å²) in [7, 11) is -1.43. The zero-order valence-corrected chi connectivity index (χ0v) is 16.2. The van der Waals surface area contributed by atoms with E-state index in [4.69, 9.17) is 0 Å². The minimum atomic E-state index is -3.26. The van der Waals surface area contributed by atoms with Gasteiger partial charge in [-0.05, 0) is 0 Å². The van der Waals surface area contributed by atoms with Crippen molar-refractivity contribution in [3.63, 3.8) is 0 Å². The van der Waals surface area contributed by atoms with Crippen LogP contribution in [0.2, 0.25) is 0 Å². The van der Waals surface area contributed by atoms with Crippen LogP contribution in [-0.4, -0.2) is 55.6 Å². The molecule has 3 aromatic heterocycles. The molecule has 1 fully saturated rings. The molecule has 0 spiro atoms. The lowest BCUT2D eigenvalue weighted by Gasteiger charge is -2.23. The lowest BCUT2D eigenvalue weighted by atomic mass is 10.1. The summed E-state index contributed by atoms with van der Waals surface area (Å²) in [6.45, 7) is 4.02. The Labute approximate surface area is 156 Å². The van der Waals surface area contributed by atoms with Crippen molar-refractivity contribution in [2.24, 2.45) is 7.05 Å². The third kappa shape index (κ3) is 3.03. The summed E-state index contributed by atoms with van der Waals surface area (Å²) in [5, 5.41) is 7.09. The quantitative estimate of drug-likeness (QED) is 0.708. The van der Waals surface area contributed by atoms with Crippen molar-refractivity contribution >= 4 is 21.4 Å². The molecule has 10 heteroatoms. The van der Waals surface area contributed by atoms with E-state index >= 15 is 0 Å². The van der Waals surface area contributed by atoms with Crippen LogP contribution in [0.4, 0.5) is 0 Å². The number of hydrogen-bond acceptors (Lipinski definition) is 5. The van der Waals surface area contributed by atoms with E-state index in [1.165, 1.54) is 6.20 Å². The molecule has 27 heavy (non-hydrogen) atoms. The number of imidazole rings is 2. The molecule has 0 bridgehead atoms. The van der Waals surface area contributed by atoms with Crippen molar-refractivity contribution in [2.45, 2.75) is 31.8 Å². The fraction of sp³-hybridized carbons (Fsp3) is 0.471. The summed E-state index contributed by atoms with van der Waals surface area (Å²) in [6, 6.07) is -0.900. The molecule has 144 valence electrons. The van der Waals surface area contributed by atoms with Crippen LogP contribution in [0.15, 0.2) is 31.0 Å². The highest BCUT2D eigenvalue weighted by atomic mass is 32.2. The molecule has 0 radical (unpaired) electrons. The van der Waals surface area contributed by atoms with E-state index < -0.39 is 15.9 Å². The molecule has 0 unspecified atom stereocenters. The maximum absolute atomic E-state index is 12.9. The standard InChI is InChI=1S/C17H22N6O3S/c1-11(2)15-18-4-5-22(15)14-10-27(25,26)9-13(14)20-16(24)12-8-19-23-7-6-21(3)17(12)23/h4-8,11,13-14H,9-10H2,1-3H3,(H,20,24)/t13-,14+/m0/s1. The van der Waals surface area contributed by atoms with Gasteiger partial charge in [-0.25, -0.2) is 17.9 Å². The highest BCUT2D eigenvalue weighted by Gasteiger charge is 2.41. The van der Waals surface area contributed by atoms with Crippen LogP contribution in [0.25, 0.3) is 5.65 Å². The molecule has 1 aliphatic rings. The van der Waals surface area contributed by atoms with Crippen LogP contribution in [0.1, 0.15) is 42.0 Å². The monoisotopic (exact) mass is 390 g/mol. The largest absolute Gasteiger partial charge is 0.346 e. The van der Waals surface area contributed by atoms with Crippen LogP contribution in [0.5, 0.6) is 0 Å². The Bertz CT molecular complexity index is 1110. The second kappa shape index (κ2) is 6.22. The number of amides is 1. The maximum atomic E-state index is 12.9. The van der Waals surface area contributed by atoms with Crippen molar-refractivity contribution in [1.82, 2.24) is 29.0 Å². The van der Waals surface area contributed by atoms with Crippen molar-refractivity contribution in [3.8, 4) is 0 Å². The fourth-order valence-corrected chi connectivity index (χ4v) is 5.65. The molecule has 1 saturated heterocycles. The molecule has 1 aliphatic heterocycles. The number of fused-ring (bicyclic) bond motifs is 1. The molecule has 0 aromatic carbocycles. The predicted molar refractivity (Wildman–Crippen MR) is 99.4 cm³/mol. The molecule has 2 atom stereocenters. The second-order valence-corrected chi connectivity index (χ2v) is 9.46. The van der Waals surface area contributed by atoms with Crippen LogP contribution in [0.3, 0.4) is 0 Å². The fourth-order valence-electron chi connectivity index (χ4n) is 3.75. The molecule has 9 nitrogen and oxygen atoms in total. The summed E-state index contributed by atoms with van der Waals surface area (Å²) < 4.78 is 29.9. The predicted octanol–water partition coefficient (Wildman–Crippen LogP) is 0.761. The van der Waals surface area contributed by atoms with Crippen molar-refractivity contribution < 1.29 is 13.2 Å². The zero-order valence-electron chi connectivity index (χ0n) is 15.4. The number of aromatic nitrogens is 5. The number of hydrogen-bond donors (Lipinski definition) is 1. The maximum Gasteiger partial charge on any atom is 0.257 e. The summed E-state index contributed by atoms with van der Waals surface area (Å²) in [5.41, 5.74) is 1.08. The van der Waals surface area contributed by atoms with Gasteiger partial charge in [0.2, 0.25) is 0 Å². The average Bonchev–Trinajstić information content (AvgIpc) is 3.32. The van der Waals surface area contributed by atoms with Crippen molar-refractivity contribution in [3.05, 3.63) is 42.4 Å². The first-order valence-corrected chi connectivity index (χ1v) is 10.6. The minimum absolute atomic E-state index is 0.0123. The zero-order chi connectivity index (χ0) is 19.3. The highest BCUT2D eigenvalue weighted by Crippen LogP contribution is 2.28. The Kier molecular flexibility index (Phi) is 4.10. The van der Waals surface area contributed by atoms with Gasteiger partial charge < -0.3 is 14.5 Å². The molecular formula is C17H22N6O3S. The first-order chi connectivity index (χ1) is 12.8. The highest BCUT2D eigenvalue weighted by molar-refractivity contribution is 7.91. The molecule has 1 N–H and O–H groups in total. The number of carbonyl (C=O) groups is 1. The van der Waals surface area contributed by atoms with Gasteiger partial charge in [-0.15, -0.1) is 0 Å². The number of sulfone groups is 1. The summed E-state index contributed by atoms with van der Waals surface area (Å²) in [4.78, 5) is 17.2. The van der Waals surface area contributed by atoms with E-state index in [-0.39, 0.29) is 29.4 Å². The molecule has 4 heterocycles. The van der Waals surface area contributed by atoms with E-state index in [0.29, 0.717) is 11.2 Å². The Morgan fingerprint density at radius 2 is 2.04 bits per heavy atom. The van der Waals surface area contributed by atoms with Crippen LogP contribution in [-0.2, 0) is 16.9 Å². The third-order valence-electron chi connectivity index (χ3n) is 4.99. The SMILES string of the molecule is CC(C)c1nccn1[C@@H]1CS(=O)(=O)C[C@@H]1NC(=O)c1cnn2ccn(C)c12. The van der Waals surface area contributed by atoms with Crippen LogP contribution < -0.4 is 5.32 Å². The van der Waals surface area contributed by atoms with E-state index in [1.54, 1.807) is 27.7 Å². The van der Waals surface area contributed by atoms with Gasteiger partial charge in [0, 0.05) is 37.8 Å². The number of rotatable bonds is 4. The van der Waals surface area contributed by atoms with Gasteiger partial charge in [-0.3, -0.25) is 4.79 Å². The Morgan fingerprint density at radius 1 is 1.26 bits per heavy atom. The van der Waals surface area contributed by atoms with E-state index in [1.807, 2.05) is 31.7 Å². The molecule has 3 aromatic rings. The van der Waals surface area contributed by atoms with E-state index in [9.17, 15) is 13.2 Å². The number of aryl methyl sites for hydroxylation is 1. The first kappa shape index (κ1) is 17.8. The Morgan fingerprint density at radius 3 is 2.78 bits per heavy atom. The Hall–Kier alpha value is -2.62. The summed E-state index contributed by atoms with van der Waals surface area (Å²) in [5.74, 6) is 0.535. The van der Waals surface area contributed by atoms with Crippen molar-refractivity contribution in [1.29, 1.82) is 0 Å². The topological polar surface area (TPSA) is 103 Å². The third-order valence-corrected chi connectivity index (χ3v) is 6.71. The number of nitrogens with zero attached hydrogens (tertiary/aromatic N) is 5. The molecule has 0 saturated carbocycles. The van der Waals surface area contributed by atoms with Gasteiger partial charge in [-0.2, -0.15) is 5.10 Å². The average molecular weight is 390 g/mol. The van der Waals surface area contributed by atoms with Gasteiger partial charge in [-0.1, -0.05) is 13.8 Å². The molecular weight excluding hydrogens is 368 g/mol. The lowest BCUT2D eigenvalue weighted by molar-refractivity contribution is 0.0933. The van der Waals surface area contributed by atoms with Gasteiger partial charge in [0.05, 0.1) is 29.8 Å². The number of nitrogens with one attached hydrogen (secondary N) is 1. The normalized spacial score (nSPS) is 21.9. The van der Waals surface area contributed by atoms with Gasteiger partial charge in [0.15, 0.2) is 9.84 Å². The second-order valence-electron chi connectivity index (χ2n) is 7.31. The molecule has 1 amide bonds. The van der Waals surface area contributed by atoms with E-state index in [2.05, 4.69) is 15.4 Å². The molecule has 0 aliphatic carbocycles. The van der Waals surface area contributed by atoms with Gasteiger partial charge >= 0.3 is 0 Å². The van der Waals surface area contributed by atoms with Gasteiger partial charge in [0.1, 0.15) is 17.0 Å². The minimum Gasteiger partial charge on any atom is -0.346 e. The van der Waals surface area contributed by atoms with Crippen LogP contribution in [0, 0.1) is 0 Å². The summed E-state index contributed by atoms with van der Waals surface area (Å²) >= 11 is 0. The smallest absolute Gasteiger partial charge is 0.257 e. The van der Waals surface area contributed by atoms with E-state index in [0.717, 1.165) is 5.82 Å². The summed E-state index contributed by atoms with van der Waals surface area (Å²) in [6.07, 6.45) is 8.53. The lowest BCUT2D eigenvalue weighted by Crippen LogP contribution is -2.41. The number of carbonyl (C=O) groups excluding carboxylic acids is 1. The Balaban J connectivity index is 1.65. The first-order valence-electron chi connectivity index (χ1n) is 8.79. The van der Waals surface area contributed by atoms with Crippen LogP contribution >= 0.6 is 0 Å².